The van der Waals surface area contributed by atoms with Crippen molar-refractivity contribution in [2.75, 3.05) is 0 Å². The minimum Gasteiger partial charge on any atom is -0.481 e. The summed E-state index contributed by atoms with van der Waals surface area (Å²) in [6.45, 7) is 5.68. The Morgan fingerprint density at radius 2 is 2.11 bits per heavy atom. The van der Waals surface area contributed by atoms with Gasteiger partial charge in [-0.15, -0.1) is 0 Å². The predicted octanol–water partition coefficient (Wildman–Crippen LogP) is 2.59. The van der Waals surface area contributed by atoms with Crippen LogP contribution in [0.1, 0.15) is 33.6 Å². The fraction of sp³-hybridized carbons (Fsp3) is 0.476. The van der Waals surface area contributed by atoms with E-state index in [0.717, 1.165) is 5.57 Å². The molecule has 0 unspecified atom stereocenters. The lowest BCUT2D eigenvalue weighted by Gasteiger charge is -2.45. The zero-order chi connectivity index (χ0) is 20.2. The van der Waals surface area contributed by atoms with Crippen LogP contribution in [0.25, 0.3) is 0 Å². The van der Waals surface area contributed by atoms with Gasteiger partial charge >= 0.3 is 11.9 Å². The van der Waals surface area contributed by atoms with E-state index < -0.39 is 29.6 Å². The first kappa shape index (κ1) is 20.8. The number of carbonyl (C=O) groups excluding carboxylic acids is 2. The molecule has 0 radical (unpaired) electrons. The second kappa shape index (κ2) is 8.48. The van der Waals surface area contributed by atoms with Gasteiger partial charge in [0, 0.05) is 17.4 Å². The number of carbonyl (C=O) groups is 3. The molecule has 2 aliphatic carbocycles. The van der Waals surface area contributed by atoms with Gasteiger partial charge < -0.3 is 14.9 Å². The van der Waals surface area contributed by atoms with E-state index >= 15 is 0 Å². The van der Waals surface area contributed by atoms with Crippen LogP contribution in [-0.4, -0.2) is 40.1 Å². The van der Waals surface area contributed by atoms with Crippen LogP contribution in [0.4, 0.5) is 0 Å². The van der Waals surface area contributed by atoms with Crippen LogP contribution in [0, 0.1) is 17.3 Å². The number of rotatable bonds is 6. The average molecular weight is 374 g/mol. The molecular formula is C21H26O6. The Labute approximate surface area is 158 Å². The molecule has 2 aliphatic rings. The van der Waals surface area contributed by atoms with E-state index in [9.17, 15) is 19.5 Å². The second-order valence-electron chi connectivity index (χ2n) is 7.51. The lowest BCUT2D eigenvalue weighted by molar-refractivity contribution is -0.146. The number of aliphatic hydroxyl groups excluding tert-OH is 1. The molecule has 0 saturated carbocycles. The molecule has 2 rings (SSSR count). The molecule has 0 bridgehead atoms. The monoisotopic (exact) mass is 374 g/mol. The third kappa shape index (κ3) is 5.04. The number of aliphatic carboxylic acids is 1. The number of allylic oxidation sites excluding steroid dienone is 5. The van der Waals surface area contributed by atoms with Crippen molar-refractivity contribution in [1.82, 2.24) is 0 Å². The lowest BCUT2D eigenvalue weighted by Crippen LogP contribution is -2.45. The average Bonchev–Trinajstić information content (AvgIpc) is 2.57. The third-order valence-corrected chi connectivity index (χ3v) is 5.40. The molecule has 0 aliphatic heterocycles. The number of carboxylic acid groups (broad SMARTS) is 1. The summed E-state index contributed by atoms with van der Waals surface area (Å²) >= 11 is 0. The minimum atomic E-state index is -1.03. The van der Waals surface area contributed by atoms with Gasteiger partial charge in [0.25, 0.3) is 0 Å². The Morgan fingerprint density at radius 1 is 1.41 bits per heavy atom. The predicted molar refractivity (Wildman–Crippen MR) is 99.7 cm³/mol. The van der Waals surface area contributed by atoms with Crippen molar-refractivity contribution < 1.29 is 29.3 Å². The summed E-state index contributed by atoms with van der Waals surface area (Å²) in [5, 5.41) is 18.6. The van der Waals surface area contributed by atoms with Crippen LogP contribution in [0.15, 0.2) is 48.1 Å². The van der Waals surface area contributed by atoms with E-state index in [0.29, 0.717) is 6.42 Å². The van der Waals surface area contributed by atoms with Crippen LogP contribution < -0.4 is 0 Å². The van der Waals surface area contributed by atoms with Crippen molar-refractivity contribution in [2.24, 2.45) is 17.3 Å². The highest BCUT2D eigenvalue weighted by molar-refractivity contribution is 5.96. The summed E-state index contributed by atoms with van der Waals surface area (Å²) in [4.78, 5) is 34.4. The second-order valence-corrected chi connectivity index (χ2v) is 7.51. The maximum atomic E-state index is 12.1. The van der Waals surface area contributed by atoms with Crippen molar-refractivity contribution in [3.63, 3.8) is 0 Å². The fourth-order valence-corrected chi connectivity index (χ4v) is 3.50. The number of esters is 1. The lowest BCUT2D eigenvalue weighted by atomic mass is 9.61. The van der Waals surface area contributed by atoms with E-state index in [1.165, 1.54) is 18.2 Å². The standard InChI is InChI=1S/C21H26O6/c1-13(10-19(24)25)6-4-5-7-20(26)27-18-9-8-15-11-16(22)17(23)12-21(15,3)14(18)2/h4-9,11,13-14,17-18,23H,10,12H2,1-3H3,(H,24,25)/b6-4+,7-5+/t13-,14+,17-,18+,21-/m1/s1. The van der Waals surface area contributed by atoms with Gasteiger partial charge in [0.15, 0.2) is 5.78 Å². The highest BCUT2D eigenvalue weighted by Gasteiger charge is 2.46. The van der Waals surface area contributed by atoms with E-state index in [4.69, 9.17) is 9.84 Å². The van der Waals surface area contributed by atoms with Crippen LogP contribution in [0.5, 0.6) is 0 Å². The van der Waals surface area contributed by atoms with E-state index in [2.05, 4.69) is 0 Å². The third-order valence-electron chi connectivity index (χ3n) is 5.40. The molecule has 6 heteroatoms. The summed E-state index contributed by atoms with van der Waals surface area (Å²) in [6, 6.07) is 0. The molecule has 0 saturated heterocycles. The topological polar surface area (TPSA) is 101 Å². The largest absolute Gasteiger partial charge is 0.481 e. The molecule has 0 heterocycles. The molecule has 0 fully saturated rings. The molecular weight excluding hydrogens is 348 g/mol. The zero-order valence-corrected chi connectivity index (χ0v) is 15.8. The fourth-order valence-electron chi connectivity index (χ4n) is 3.50. The first-order valence-electron chi connectivity index (χ1n) is 9.03. The van der Waals surface area contributed by atoms with Crippen molar-refractivity contribution >= 4 is 17.7 Å². The Morgan fingerprint density at radius 3 is 2.78 bits per heavy atom. The molecule has 0 spiro atoms. The van der Waals surface area contributed by atoms with Gasteiger partial charge in [-0.3, -0.25) is 9.59 Å². The van der Waals surface area contributed by atoms with Crippen LogP contribution in [0.3, 0.4) is 0 Å². The molecule has 0 aromatic rings. The number of fused-ring (bicyclic) bond motifs is 1. The molecule has 0 aromatic heterocycles. The number of hydrogen-bond donors (Lipinski definition) is 2. The smallest absolute Gasteiger partial charge is 0.331 e. The van der Waals surface area contributed by atoms with Gasteiger partial charge in [0.1, 0.15) is 12.2 Å². The summed E-state index contributed by atoms with van der Waals surface area (Å²) in [5.74, 6) is -1.89. The van der Waals surface area contributed by atoms with Crippen molar-refractivity contribution in [3.05, 3.63) is 48.1 Å². The van der Waals surface area contributed by atoms with E-state index in [1.54, 1.807) is 31.2 Å². The normalized spacial score (nSPS) is 31.6. The molecule has 0 amide bonds. The Balaban J connectivity index is 1.99. The van der Waals surface area contributed by atoms with Crippen molar-refractivity contribution in [1.29, 1.82) is 0 Å². The summed E-state index contributed by atoms with van der Waals surface area (Å²) in [5.41, 5.74) is 0.409. The van der Waals surface area contributed by atoms with Gasteiger partial charge in [0.05, 0.1) is 6.42 Å². The first-order valence-corrected chi connectivity index (χ1v) is 9.03. The number of ketones is 1. The summed E-state index contributed by atoms with van der Waals surface area (Å²) in [7, 11) is 0. The van der Waals surface area contributed by atoms with Crippen LogP contribution >= 0.6 is 0 Å². The number of hydrogen-bond acceptors (Lipinski definition) is 5. The molecule has 2 N–H and O–H groups in total. The van der Waals surface area contributed by atoms with Gasteiger partial charge in [0.2, 0.25) is 0 Å². The van der Waals surface area contributed by atoms with Crippen LogP contribution in [0.2, 0.25) is 0 Å². The van der Waals surface area contributed by atoms with Crippen LogP contribution in [-0.2, 0) is 19.1 Å². The van der Waals surface area contributed by atoms with Gasteiger partial charge in [-0.1, -0.05) is 45.1 Å². The van der Waals surface area contributed by atoms with Crippen molar-refractivity contribution in [3.8, 4) is 0 Å². The van der Waals surface area contributed by atoms with Crippen molar-refractivity contribution in [2.45, 2.75) is 45.8 Å². The first-order chi connectivity index (χ1) is 12.6. The Kier molecular flexibility index (Phi) is 6.54. The molecule has 0 aromatic carbocycles. The molecule has 27 heavy (non-hydrogen) atoms. The maximum absolute atomic E-state index is 12.1. The maximum Gasteiger partial charge on any atom is 0.331 e. The number of carboxylic acids is 1. The summed E-state index contributed by atoms with van der Waals surface area (Å²) in [6.07, 6.45) is 10.0. The Hall–Kier alpha value is -2.47. The van der Waals surface area contributed by atoms with Gasteiger partial charge in [-0.25, -0.2) is 4.79 Å². The molecule has 146 valence electrons. The summed E-state index contributed by atoms with van der Waals surface area (Å²) < 4.78 is 5.52. The van der Waals surface area contributed by atoms with E-state index in [1.807, 2.05) is 13.8 Å². The minimum absolute atomic E-state index is 0.0297. The highest BCUT2D eigenvalue weighted by Crippen LogP contribution is 2.48. The van der Waals surface area contributed by atoms with Gasteiger partial charge in [-0.2, -0.15) is 0 Å². The van der Waals surface area contributed by atoms with E-state index in [-0.39, 0.29) is 24.0 Å². The quantitative estimate of drug-likeness (QED) is 0.421. The SMILES string of the molecule is C[C@H](/C=C/C=C/C(=O)O[C@H]1C=CC2=CC(=O)[C@H](O)C[C@]2(C)[C@H]1C)CC(=O)O. The number of aliphatic hydroxyl groups is 1. The Bertz CT molecular complexity index is 729. The van der Waals surface area contributed by atoms with Gasteiger partial charge in [-0.05, 0) is 30.1 Å². The highest BCUT2D eigenvalue weighted by atomic mass is 16.5. The molecule has 5 atom stereocenters. The zero-order valence-electron chi connectivity index (χ0n) is 15.8. The number of ether oxygens (including phenoxy) is 1. The molecule has 6 nitrogen and oxygen atoms in total.